The number of hydrogen-bond acceptors (Lipinski definition) is 6. The molecule has 8 nitrogen and oxygen atoms in total. The SMILES string of the molecule is CCC(O)(C(=O)O)c1cc2n(c(=O)c1COC(C)=O)Cc1cc3ccccc3nc1-2. The summed E-state index contributed by atoms with van der Waals surface area (Å²) < 4.78 is 6.47. The molecule has 0 bridgehead atoms. The largest absolute Gasteiger partial charge is 0.479 e. The Morgan fingerprint density at radius 2 is 2.00 bits per heavy atom. The fourth-order valence-electron chi connectivity index (χ4n) is 3.85. The van der Waals surface area contributed by atoms with Gasteiger partial charge in [0.15, 0.2) is 5.60 Å². The van der Waals surface area contributed by atoms with Gasteiger partial charge in [-0.15, -0.1) is 0 Å². The van der Waals surface area contributed by atoms with Crippen LogP contribution in [-0.2, 0) is 33.1 Å². The van der Waals surface area contributed by atoms with Crippen molar-refractivity contribution in [3.05, 3.63) is 63.4 Å². The Kier molecular flexibility index (Phi) is 4.66. The zero-order chi connectivity index (χ0) is 21.6. The van der Waals surface area contributed by atoms with Gasteiger partial charge in [-0.3, -0.25) is 9.59 Å². The molecule has 1 atom stereocenters. The molecule has 4 rings (SSSR count). The van der Waals surface area contributed by atoms with Crippen LogP contribution in [0.1, 0.15) is 37.0 Å². The minimum atomic E-state index is -2.30. The summed E-state index contributed by atoms with van der Waals surface area (Å²) in [4.78, 5) is 41.2. The van der Waals surface area contributed by atoms with Crippen molar-refractivity contribution in [3.63, 3.8) is 0 Å². The second-order valence-corrected chi connectivity index (χ2v) is 7.30. The van der Waals surface area contributed by atoms with Crippen molar-refractivity contribution in [2.45, 2.75) is 39.0 Å². The highest BCUT2D eigenvalue weighted by atomic mass is 16.5. The van der Waals surface area contributed by atoms with E-state index in [0.717, 1.165) is 16.5 Å². The molecule has 1 aliphatic rings. The molecule has 1 aromatic carbocycles. The minimum absolute atomic E-state index is 0.0574. The molecule has 0 saturated heterocycles. The van der Waals surface area contributed by atoms with Crippen molar-refractivity contribution in [1.29, 1.82) is 0 Å². The quantitative estimate of drug-likeness (QED) is 0.486. The molecule has 30 heavy (non-hydrogen) atoms. The predicted molar refractivity (Wildman–Crippen MR) is 108 cm³/mol. The standard InChI is InChI=1S/C22H20N2O6/c1-3-22(29,21(27)28)16-9-18-19-14(8-13-6-4-5-7-17(13)23-19)10-24(18)20(26)15(16)11-30-12(2)25/h4-9,29H,3,10-11H2,1-2H3,(H,27,28). The number of carboxylic acid groups (broad SMARTS) is 1. The van der Waals surface area contributed by atoms with Gasteiger partial charge in [-0.2, -0.15) is 0 Å². The maximum atomic E-state index is 13.3. The topological polar surface area (TPSA) is 119 Å². The molecule has 8 heteroatoms. The van der Waals surface area contributed by atoms with Gasteiger partial charge in [0.2, 0.25) is 0 Å². The third kappa shape index (κ3) is 2.96. The molecule has 2 aromatic heterocycles. The van der Waals surface area contributed by atoms with E-state index in [4.69, 9.17) is 4.74 Å². The van der Waals surface area contributed by atoms with Crippen LogP contribution >= 0.6 is 0 Å². The summed E-state index contributed by atoms with van der Waals surface area (Å²) in [5.74, 6) is -2.10. The van der Waals surface area contributed by atoms with Crippen molar-refractivity contribution in [1.82, 2.24) is 9.55 Å². The maximum Gasteiger partial charge on any atom is 0.340 e. The fraction of sp³-hybridized carbons (Fsp3) is 0.273. The lowest BCUT2D eigenvalue weighted by Gasteiger charge is -2.25. The number of para-hydroxylation sites is 1. The molecule has 1 unspecified atom stereocenters. The summed E-state index contributed by atoms with van der Waals surface area (Å²) in [6, 6.07) is 11.0. The van der Waals surface area contributed by atoms with Gasteiger partial charge in [0, 0.05) is 23.4 Å². The van der Waals surface area contributed by atoms with E-state index in [9.17, 15) is 24.6 Å². The first-order chi connectivity index (χ1) is 14.3. The second-order valence-electron chi connectivity index (χ2n) is 7.30. The molecule has 0 spiro atoms. The van der Waals surface area contributed by atoms with Crippen molar-refractivity contribution in [2.75, 3.05) is 0 Å². The third-order valence-electron chi connectivity index (χ3n) is 5.51. The fourth-order valence-corrected chi connectivity index (χ4v) is 3.85. The lowest BCUT2D eigenvalue weighted by molar-refractivity contribution is -0.160. The summed E-state index contributed by atoms with van der Waals surface area (Å²) in [6.07, 6.45) is -0.170. The van der Waals surface area contributed by atoms with Crippen molar-refractivity contribution in [2.24, 2.45) is 0 Å². The zero-order valence-electron chi connectivity index (χ0n) is 16.5. The second kappa shape index (κ2) is 7.07. The minimum Gasteiger partial charge on any atom is -0.479 e. The van der Waals surface area contributed by atoms with E-state index in [1.54, 1.807) is 0 Å². The number of carbonyl (C=O) groups excluding carboxylic acids is 1. The van der Waals surface area contributed by atoms with Gasteiger partial charge in [0.1, 0.15) is 6.61 Å². The Balaban J connectivity index is 1.99. The number of carboxylic acids is 1. The number of nitrogens with zero attached hydrogens (tertiary/aromatic N) is 2. The number of pyridine rings is 2. The Morgan fingerprint density at radius 3 is 2.67 bits per heavy atom. The highest BCUT2D eigenvalue weighted by Gasteiger charge is 2.41. The van der Waals surface area contributed by atoms with Crippen LogP contribution in [0.3, 0.4) is 0 Å². The summed E-state index contributed by atoms with van der Waals surface area (Å²) in [5, 5.41) is 21.5. The van der Waals surface area contributed by atoms with Crippen molar-refractivity contribution in [3.8, 4) is 11.4 Å². The molecule has 2 N–H and O–H groups in total. The molecule has 0 aliphatic carbocycles. The molecule has 0 radical (unpaired) electrons. The molecule has 0 saturated carbocycles. The lowest BCUT2D eigenvalue weighted by atomic mass is 9.87. The van der Waals surface area contributed by atoms with Crippen LogP contribution in [-0.4, -0.2) is 31.7 Å². The van der Waals surface area contributed by atoms with Gasteiger partial charge >= 0.3 is 11.9 Å². The van der Waals surface area contributed by atoms with Crippen LogP contribution < -0.4 is 5.56 Å². The first kappa shape index (κ1) is 19.8. The molecule has 0 amide bonds. The Morgan fingerprint density at radius 1 is 1.27 bits per heavy atom. The van der Waals surface area contributed by atoms with Gasteiger partial charge in [0.25, 0.3) is 5.56 Å². The number of ether oxygens (including phenoxy) is 1. The molecular weight excluding hydrogens is 388 g/mol. The first-order valence-corrected chi connectivity index (χ1v) is 9.51. The summed E-state index contributed by atoms with van der Waals surface area (Å²) >= 11 is 0. The smallest absolute Gasteiger partial charge is 0.340 e. The van der Waals surface area contributed by atoms with Crippen LogP contribution in [0.5, 0.6) is 0 Å². The van der Waals surface area contributed by atoms with Crippen molar-refractivity contribution >= 4 is 22.8 Å². The normalized spacial score (nSPS) is 14.1. The van der Waals surface area contributed by atoms with Gasteiger partial charge < -0.3 is 19.5 Å². The number of aromatic nitrogens is 2. The van der Waals surface area contributed by atoms with Crippen LogP contribution in [0.15, 0.2) is 41.2 Å². The van der Waals surface area contributed by atoms with Crippen LogP contribution in [0, 0.1) is 0 Å². The number of fused-ring (bicyclic) bond motifs is 4. The Bertz CT molecular complexity index is 1260. The first-order valence-electron chi connectivity index (χ1n) is 9.51. The number of carbonyl (C=O) groups is 2. The number of aliphatic hydroxyl groups is 1. The molecule has 154 valence electrons. The van der Waals surface area contributed by atoms with Gasteiger partial charge in [0.05, 0.1) is 29.0 Å². The van der Waals surface area contributed by atoms with E-state index < -0.39 is 29.7 Å². The highest BCUT2D eigenvalue weighted by Crippen LogP contribution is 2.36. The highest BCUT2D eigenvalue weighted by molar-refractivity contribution is 5.85. The summed E-state index contributed by atoms with van der Waals surface area (Å²) in [6.45, 7) is 2.53. The lowest BCUT2D eigenvalue weighted by Crippen LogP contribution is -2.39. The molecule has 0 fully saturated rings. The van der Waals surface area contributed by atoms with Crippen molar-refractivity contribution < 1.29 is 24.5 Å². The Labute approximate surface area is 171 Å². The molecule has 3 heterocycles. The Hall–Kier alpha value is -3.52. The molecule has 3 aromatic rings. The summed E-state index contributed by atoms with van der Waals surface area (Å²) in [7, 11) is 0. The summed E-state index contributed by atoms with van der Waals surface area (Å²) in [5.41, 5.74) is -0.410. The van der Waals surface area contributed by atoms with Crippen LogP contribution in [0.2, 0.25) is 0 Å². The van der Waals surface area contributed by atoms with E-state index in [1.807, 2.05) is 30.3 Å². The van der Waals surface area contributed by atoms with E-state index in [2.05, 4.69) is 4.98 Å². The maximum absolute atomic E-state index is 13.3. The van der Waals surface area contributed by atoms with Gasteiger partial charge in [-0.05, 0) is 24.6 Å². The number of aliphatic carboxylic acids is 1. The van der Waals surface area contributed by atoms with Crippen LogP contribution in [0.4, 0.5) is 0 Å². The average Bonchev–Trinajstić information content (AvgIpc) is 3.08. The van der Waals surface area contributed by atoms with E-state index in [1.165, 1.54) is 24.5 Å². The van der Waals surface area contributed by atoms with E-state index >= 15 is 0 Å². The van der Waals surface area contributed by atoms with Gasteiger partial charge in [-0.25, -0.2) is 9.78 Å². The zero-order valence-corrected chi connectivity index (χ0v) is 16.5. The van der Waals surface area contributed by atoms with Crippen LogP contribution in [0.25, 0.3) is 22.3 Å². The average molecular weight is 408 g/mol. The number of esters is 1. The van der Waals surface area contributed by atoms with E-state index in [-0.39, 0.29) is 24.1 Å². The third-order valence-corrected chi connectivity index (χ3v) is 5.51. The van der Waals surface area contributed by atoms with E-state index in [0.29, 0.717) is 11.4 Å². The number of hydrogen-bond donors (Lipinski definition) is 2. The molecule has 1 aliphatic heterocycles. The number of rotatable bonds is 5. The van der Waals surface area contributed by atoms with Gasteiger partial charge in [-0.1, -0.05) is 25.1 Å². The monoisotopic (exact) mass is 408 g/mol. The number of benzene rings is 1. The predicted octanol–water partition coefficient (Wildman–Crippen LogP) is 2.17. The molecular formula is C22H20N2O6.